The summed E-state index contributed by atoms with van der Waals surface area (Å²) in [6, 6.07) is 7.78. The van der Waals surface area contributed by atoms with Crippen molar-refractivity contribution in [1.82, 2.24) is 0 Å². The minimum absolute atomic E-state index is 0.344. The second-order valence-corrected chi connectivity index (χ2v) is 7.87. The van der Waals surface area contributed by atoms with Gasteiger partial charge in [-0.3, -0.25) is 0 Å². The second kappa shape index (κ2) is 18.3. The van der Waals surface area contributed by atoms with E-state index in [9.17, 15) is 4.79 Å². The van der Waals surface area contributed by atoms with Crippen molar-refractivity contribution in [3.05, 3.63) is 35.9 Å². The van der Waals surface area contributed by atoms with Crippen molar-refractivity contribution >= 4 is 12.0 Å². The van der Waals surface area contributed by atoms with Crippen LogP contribution in [0.4, 0.5) is 0 Å². The van der Waals surface area contributed by atoms with E-state index < -0.39 is 0 Å². The first kappa shape index (κ1) is 25.3. The highest BCUT2D eigenvalue weighted by Crippen LogP contribution is 2.15. The van der Waals surface area contributed by atoms with E-state index in [2.05, 4.69) is 11.7 Å². The number of benzene rings is 1. The van der Waals surface area contributed by atoms with Crippen LogP contribution in [0.25, 0.3) is 6.08 Å². The summed E-state index contributed by atoms with van der Waals surface area (Å²) in [7, 11) is 1.38. The van der Waals surface area contributed by atoms with Gasteiger partial charge in [0, 0.05) is 6.08 Å². The van der Waals surface area contributed by atoms with Crippen LogP contribution in [0.2, 0.25) is 0 Å². The van der Waals surface area contributed by atoms with Gasteiger partial charge in [0.25, 0.3) is 0 Å². The number of hydrogen-bond acceptors (Lipinski definition) is 3. The molecule has 0 aliphatic heterocycles. The summed E-state index contributed by atoms with van der Waals surface area (Å²) in [5, 5.41) is 0. The maximum Gasteiger partial charge on any atom is 0.330 e. The average Bonchev–Trinajstić information content (AvgIpc) is 2.75. The van der Waals surface area contributed by atoms with E-state index in [1.165, 1.54) is 96.7 Å². The minimum atomic E-state index is -0.344. The largest absolute Gasteiger partial charge is 0.494 e. The summed E-state index contributed by atoms with van der Waals surface area (Å²) in [6.07, 6.45) is 22.3. The van der Waals surface area contributed by atoms with Gasteiger partial charge in [0.15, 0.2) is 0 Å². The molecule has 1 aromatic carbocycles. The molecule has 3 nitrogen and oxygen atoms in total. The van der Waals surface area contributed by atoms with E-state index in [4.69, 9.17) is 4.74 Å². The number of rotatable bonds is 18. The predicted octanol–water partition coefficient (Wildman–Crippen LogP) is 7.73. The predicted molar refractivity (Wildman–Crippen MR) is 123 cm³/mol. The Morgan fingerprint density at radius 3 is 1.72 bits per heavy atom. The summed E-state index contributed by atoms with van der Waals surface area (Å²) in [5.41, 5.74) is 0.958. The zero-order valence-electron chi connectivity index (χ0n) is 18.8. The van der Waals surface area contributed by atoms with Crippen LogP contribution in [0.15, 0.2) is 30.3 Å². The van der Waals surface area contributed by atoms with Crippen LogP contribution >= 0.6 is 0 Å². The number of unbranched alkanes of at least 4 members (excludes halogenated alkanes) is 13. The van der Waals surface area contributed by atoms with Crippen LogP contribution in [-0.4, -0.2) is 19.7 Å². The Bertz CT molecular complexity index is 533. The lowest BCUT2D eigenvalue weighted by Crippen LogP contribution is -1.97. The first-order chi connectivity index (χ1) is 14.3. The fourth-order valence-corrected chi connectivity index (χ4v) is 3.39. The molecule has 0 heterocycles. The quantitative estimate of drug-likeness (QED) is 0.143. The van der Waals surface area contributed by atoms with Gasteiger partial charge >= 0.3 is 5.97 Å². The molecule has 0 bridgehead atoms. The molecule has 0 fully saturated rings. The molecule has 3 heteroatoms. The maximum absolute atomic E-state index is 11.1. The van der Waals surface area contributed by atoms with Crippen molar-refractivity contribution in [2.75, 3.05) is 13.7 Å². The average molecular weight is 403 g/mol. The van der Waals surface area contributed by atoms with Gasteiger partial charge in [0.05, 0.1) is 13.7 Å². The number of carbonyl (C=O) groups excluding carboxylic acids is 1. The van der Waals surface area contributed by atoms with E-state index in [-0.39, 0.29) is 5.97 Å². The van der Waals surface area contributed by atoms with Crippen LogP contribution < -0.4 is 4.74 Å². The highest BCUT2D eigenvalue weighted by Gasteiger charge is 1.97. The fourth-order valence-electron chi connectivity index (χ4n) is 3.39. The molecule has 0 aliphatic rings. The van der Waals surface area contributed by atoms with Gasteiger partial charge in [-0.2, -0.15) is 0 Å². The Morgan fingerprint density at radius 2 is 1.24 bits per heavy atom. The Labute approximate surface area is 178 Å². The zero-order valence-corrected chi connectivity index (χ0v) is 18.8. The summed E-state index contributed by atoms with van der Waals surface area (Å²) in [5.74, 6) is 0.540. The molecule has 0 saturated heterocycles. The normalized spacial score (nSPS) is 11.1. The van der Waals surface area contributed by atoms with Gasteiger partial charge in [-0.15, -0.1) is 0 Å². The van der Waals surface area contributed by atoms with Crippen molar-refractivity contribution in [3.63, 3.8) is 0 Å². The molecule has 1 aromatic rings. The van der Waals surface area contributed by atoms with Crippen molar-refractivity contribution < 1.29 is 14.3 Å². The van der Waals surface area contributed by atoms with Crippen LogP contribution in [0.3, 0.4) is 0 Å². The molecule has 0 aromatic heterocycles. The van der Waals surface area contributed by atoms with Crippen LogP contribution in [0.1, 0.15) is 102 Å². The topological polar surface area (TPSA) is 35.5 Å². The number of ether oxygens (including phenoxy) is 2. The highest BCUT2D eigenvalue weighted by atomic mass is 16.5. The molecular weight excluding hydrogens is 360 g/mol. The third kappa shape index (κ3) is 14.8. The first-order valence-corrected chi connectivity index (χ1v) is 11.7. The van der Waals surface area contributed by atoms with Gasteiger partial charge in [-0.1, -0.05) is 103 Å². The molecule has 0 radical (unpaired) electrons. The molecule has 0 amide bonds. The number of hydrogen-bond donors (Lipinski definition) is 0. The highest BCUT2D eigenvalue weighted by molar-refractivity contribution is 5.86. The molecule has 0 spiro atoms. The van der Waals surface area contributed by atoms with Crippen LogP contribution in [0.5, 0.6) is 5.75 Å². The van der Waals surface area contributed by atoms with E-state index in [0.717, 1.165) is 24.3 Å². The van der Waals surface area contributed by atoms with E-state index in [1.54, 1.807) is 6.08 Å². The van der Waals surface area contributed by atoms with Gasteiger partial charge in [0.2, 0.25) is 0 Å². The van der Waals surface area contributed by atoms with E-state index in [1.807, 2.05) is 24.3 Å². The van der Waals surface area contributed by atoms with Gasteiger partial charge in [-0.05, 0) is 30.2 Å². The second-order valence-electron chi connectivity index (χ2n) is 7.87. The molecule has 0 saturated carbocycles. The van der Waals surface area contributed by atoms with Crippen molar-refractivity contribution in [2.45, 2.75) is 96.8 Å². The monoisotopic (exact) mass is 402 g/mol. The molecule has 0 unspecified atom stereocenters. The fraction of sp³-hybridized carbons (Fsp3) is 0.654. The van der Waals surface area contributed by atoms with Gasteiger partial charge in [-0.25, -0.2) is 4.79 Å². The summed E-state index contributed by atoms with van der Waals surface area (Å²) < 4.78 is 10.4. The molecule has 0 aliphatic carbocycles. The van der Waals surface area contributed by atoms with E-state index in [0.29, 0.717) is 0 Å². The Balaban J connectivity index is 1.91. The van der Waals surface area contributed by atoms with Crippen LogP contribution in [-0.2, 0) is 9.53 Å². The van der Waals surface area contributed by atoms with E-state index >= 15 is 0 Å². The van der Waals surface area contributed by atoms with Crippen molar-refractivity contribution in [2.24, 2.45) is 0 Å². The third-order valence-corrected chi connectivity index (χ3v) is 5.26. The van der Waals surface area contributed by atoms with Crippen molar-refractivity contribution in [3.8, 4) is 5.75 Å². The molecular formula is C26H42O3. The summed E-state index contributed by atoms with van der Waals surface area (Å²) >= 11 is 0. The molecule has 0 N–H and O–H groups in total. The lowest BCUT2D eigenvalue weighted by molar-refractivity contribution is -0.134. The first-order valence-electron chi connectivity index (χ1n) is 11.7. The third-order valence-electron chi connectivity index (χ3n) is 5.26. The lowest BCUT2D eigenvalue weighted by Gasteiger charge is -2.06. The number of carbonyl (C=O) groups is 1. The van der Waals surface area contributed by atoms with Crippen LogP contribution in [0, 0.1) is 0 Å². The number of methoxy groups -OCH3 is 1. The molecule has 0 atom stereocenters. The minimum Gasteiger partial charge on any atom is -0.494 e. The zero-order chi connectivity index (χ0) is 21.0. The summed E-state index contributed by atoms with van der Waals surface area (Å²) in [4.78, 5) is 11.1. The number of esters is 1. The lowest BCUT2D eigenvalue weighted by atomic mass is 10.0. The molecule has 29 heavy (non-hydrogen) atoms. The molecule has 164 valence electrons. The standard InChI is InChI=1S/C26H42O3/c1-3-4-5-6-7-8-9-10-11-12-13-14-15-16-23-29-25-20-17-24(18-21-25)19-22-26(27)28-2/h17-22H,3-16,23H2,1-2H3/b22-19+. The maximum atomic E-state index is 11.1. The summed E-state index contributed by atoms with van der Waals surface area (Å²) in [6.45, 7) is 3.05. The molecule has 1 rings (SSSR count). The van der Waals surface area contributed by atoms with Gasteiger partial charge in [0.1, 0.15) is 5.75 Å². The van der Waals surface area contributed by atoms with Crippen molar-refractivity contribution in [1.29, 1.82) is 0 Å². The Morgan fingerprint density at radius 1 is 0.759 bits per heavy atom. The Kier molecular flexibility index (Phi) is 15.9. The Hall–Kier alpha value is -1.77. The SMILES string of the molecule is CCCCCCCCCCCCCCCCOc1ccc(/C=C/C(=O)OC)cc1. The smallest absolute Gasteiger partial charge is 0.330 e. The van der Waals surface area contributed by atoms with Gasteiger partial charge < -0.3 is 9.47 Å².